The first-order valence-electron chi connectivity index (χ1n) is 9.33. The first-order valence-corrected chi connectivity index (χ1v) is 9.33. The smallest absolute Gasteiger partial charge is 0.146 e. The number of nitrogen functional groups attached to an aromatic ring is 1. The van der Waals surface area contributed by atoms with Gasteiger partial charge in [-0.05, 0) is 37.6 Å². The van der Waals surface area contributed by atoms with E-state index in [1.807, 2.05) is 37.1 Å². The summed E-state index contributed by atoms with van der Waals surface area (Å²) < 4.78 is 21.6. The third kappa shape index (κ3) is 3.55. The molecule has 3 aromatic rings. The average molecular weight is 382 g/mol. The van der Waals surface area contributed by atoms with Gasteiger partial charge in [0.1, 0.15) is 17.3 Å². The zero-order valence-corrected chi connectivity index (χ0v) is 16.0. The van der Waals surface area contributed by atoms with E-state index in [4.69, 9.17) is 10.5 Å². The molecule has 28 heavy (non-hydrogen) atoms. The number of anilines is 2. The monoisotopic (exact) mass is 382 g/mol. The maximum Gasteiger partial charge on any atom is 0.146 e. The highest BCUT2D eigenvalue weighted by Gasteiger charge is 2.17. The number of benzene rings is 1. The number of nitrogens with two attached hydrogens (primary N) is 1. The lowest BCUT2D eigenvalue weighted by atomic mass is 10.0. The Morgan fingerprint density at radius 1 is 1.14 bits per heavy atom. The summed E-state index contributed by atoms with van der Waals surface area (Å²) in [5.74, 6) is 0.143. The molecular weight excluding hydrogens is 359 g/mol. The van der Waals surface area contributed by atoms with Crippen LogP contribution in [-0.2, 0) is 4.74 Å². The summed E-state index contributed by atoms with van der Waals surface area (Å²) in [6, 6.07) is 7.22. The number of ether oxygens (including phenoxy) is 1. The van der Waals surface area contributed by atoms with Crippen LogP contribution >= 0.6 is 0 Å². The molecule has 1 aromatic carbocycles. The standard InChI is InChI=1S/C20H23FN6O/c1-13(2)27-12-18(24-25-27)16-9-15(11-23-20(16)22)14-3-4-17(21)19(10-14)26-5-7-28-8-6-26/h3-4,9-13H,5-8H2,1-2H3,(H2,22,23). The van der Waals surface area contributed by atoms with Crippen LogP contribution in [0.25, 0.3) is 22.4 Å². The largest absolute Gasteiger partial charge is 0.383 e. The number of hydrogen-bond donors (Lipinski definition) is 1. The van der Waals surface area contributed by atoms with Crippen molar-refractivity contribution in [3.05, 3.63) is 42.5 Å². The molecule has 0 unspecified atom stereocenters. The summed E-state index contributed by atoms with van der Waals surface area (Å²) in [6.45, 7) is 6.60. The van der Waals surface area contributed by atoms with Gasteiger partial charge in [-0.25, -0.2) is 14.1 Å². The van der Waals surface area contributed by atoms with Crippen LogP contribution in [0.2, 0.25) is 0 Å². The molecule has 7 nitrogen and oxygen atoms in total. The second kappa shape index (κ2) is 7.55. The van der Waals surface area contributed by atoms with Gasteiger partial charge in [-0.3, -0.25) is 0 Å². The second-order valence-corrected chi connectivity index (χ2v) is 7.10. The highest BCUT2D eigenvalue weighted by Crippen LogP contribution is 2.32. The molecule has 2 aromatic heterocycles. The Morgan fingerprint density at radius 3 is 2.64 bits per heavy atom. The number of aromatic nitrogens is 4. The van der Waals surface area contributed by atoms with Gasteiger partial charge in [-0.1, -0.05) is 11.3 Å². The topological polar surface area (TPSA) is 82.1 Å². The van der Waals surface area contributed by atoms with Gasteiger partial charge in [-0.2, -0.15) is 0 Å². The Balaban J connectivity index is 1.71. The van der Waals surface area contributed by atoms with Crippen molar-refractivity contribution in [2.75, 3.05) is 36.9 Å². The molecule has 1 aliphatic rings. The van der Waals surface area contributed by atoms with Crippen molar-refractivity contribution in [2.45, 2.75) is 19.9 Å². The predicted octanol–water partition coefficient (Wildman–Crippen LogP) is 3.15. The average Bonchev–Trinajstić information content (AvgIpc) is 3.20. The maximum absolute atomic E-state index is 14.4. The lowest BCUT2D eigenvalue weighted by Gasteiger charge is -2.29. The van der Waals surface area contributed by atoms with E-state index in [-0.39, 0.29) is 11.9 Å². The van der Waals surface area contributed by atoms with Crippen LogP contribution in [0.4, 0.5) is 15.9 Å². The summed E-state index contributed by atoms with van der Waals surface area (Å²) >= 11 is 0. The van der Waals surface area contributed by atoms with Crippen molar-refractivity contribution in [1.82, 2.24) is 20.0 Å². The van der Waals surface area contributed by atoms with Crippen LogP contribution in [0, 0.1) is 5.82 Å². The van der Waals surface area contributed by atoms with Crippen molar-refractivity contribution in [3.63, 3.8) is 0 Å². The van der Waals surface area contributed by atoms with Gasteiger partial charge >= 0.3 is 0 Å². The number of pyridine rings is 1. The van der Waals surface area contributed by atoms with Crippen LogP contribution in [0.5, 0.6) is 0 Å². The van der Waals surface area contributed by atoms with Crippen molar-refractivity contribution >= 4 is 11.5 Å². The molecule has 0 radical (unpaired) electrons. The Labute approximate surface area is 162 Å². The van der Waals surface area contributed by atoms with Gasteiger partial charge in [0.2, 0.25) is 0 Å². The molecule has 1 saturated heterocycles. The van der Waals surface area contributed by atoms with Crippen molar-refractivity contribution in [3.8, 4) is 22.4 Å². The normalized spacial score (nSPS) is 14.6. The fourth-order valence-electron chi connectivity index (χ4n) is 3.23. The third-order valence-electron chi connectivity index (χ3n) is 4.87. The molecule has 0 bridgehead atoms. The molecule has 3 heterocycles. The van der Waals surface area contributed by atoms with E-state index in [1.165, 1.54) is 6.07 Å². The van der Waals surface area contributed by atoms with Gasteiger partial charge in [-0.15, -0.1) is 5.10 Å². The molecule has 0 atom stereocenters. The molecule has 1 fully saturated rings. The SMILES string of the molecule is CC(C)n1cc(-c2cc(-c3ccc(F)c(N4CCOCC4)c3)cnc2N)nn1. The quantitative estimate of drug-likeness (QED) is 0.746. The first-order chi connectivity index (χ1) is 13.5. The number of rotatable bonds is 4. The van der Waals surface area contributed by atoms with E-state index < -0.39 is 0 Å². The van der Waals surface area contributed by atoms with Gasteiger partial charge < -0.3 is 15.4 Å². The highest BCUT2D eigenvalue weighted by atomic mass is 19.1. The van der Waals surface area contributed by atoms with E-state index in [0.717, 1.165) is 11.1 Å². The summed E-state index contributed by atoms with van der Waals surface area (Å²) in [5, 5.41) is 8.36. The van der Waals surface area contributed by atoms with Gasteiger partial charge in [0.05, 0.1) is 25.1 Å². The minimum Gasteiger partial charge on any atom is -0.383 e. The molecule has 4 rings (SSSR count). The summed E-state index contributed by atoms with van der Waals surface area (Å²) in [7, 11) is 0. The Morgan fingerprint density at radius 2 is 1.93 bits per heavy atom. The summed E-state index contributed by atoms with van der Waals surface area (Å²) in [6.07, 6.45) is 3.55. The molecular formula is C20H23FN6O. The van der Waals surface area contributed by atoms with Crippen LogP contribution in [0.3, 0.4) is 0 Å². The zero-order valence-electron chi connectivity index (χ0n) is 16.0. The number of morpholine rings is 1. The van der Waals surface area contributed by atoms with Crippen LogP contribution in [0.1, 0.15) is 19.9 Å². The minimum absolute atomic E-state index is 0.201. The number of hydrogen-bond acceptors (Lipinski definition) is 6. The van der Waals surface area contributed by atoms with Crippen molar-refractivity contribution in [1.29, 1.82) is 0 Å². The van der Waals surface area contributed by atoms with Gasteiger partial charge in [0.25, 0.3) is 0 Å². The Bertz CT molecular complexity index is 981. The molecule has 0 aliphatic carbocycles. The van der Waals surface area contributed by atoms with E-state index in [9.17, 15) is 4.39 Å². The fraction of sp³-hybridized carbons (Fsp3) is 0.350. The third-order valence-corrected chi connectivity index (χ3v) is 4.87. The number of nitrogens with zero attached hydrogens (tertiary/aromatic N) is 5. The molecule has 8 heteroatoms. The molecule has 0 amide bonds. The zero-order chi connectivity index (χ0) is 19.7. The van der Waals surface area contributed by atoms with Crippen LogP contribution in [0.15, 0.2) is 36.7 Å². The lowest BCUT2D eigenvalue weighted by molar-refractivity contribution is 0.122. The van der Waals surface area contributed by atoms with E-state index >= 15 is 0 Å². The van der Waals surface area contributed by atoms with Crippen molar-refractivity contribution < 1.29 is 9.13 Å². The number of halogens is 1. The predicted molar refractivity (Wildman–Crippen MR) is 106 cm³/mol. The fourth-order valence-corrected chi connectivity index (χ4v) is 3.23. The summed E-state index contributed by atoms with van der Waals surface area (Å²) in [4.78, 5) is 6.33. The van der Waals surface area contributed by atoms with Crippen LogP contribution in [-0.4, -0.2) is 46.3 Å². The van der Waals surface area contributed by atoms with Crippen LogP contribution < -0.4 is 10.6 Å². The molecule has 1 aliphatic heterocycles. The molecule has 0 spiro atoms. The lowest BCUT2D eigenvalue weighted by Crippen LogP contribution is -2.36. The van der Waals surface area contributed by atoms with Crippen molar-refractivity contribution in [2.24, 2.45) is 0 Å². The van der Waals surface area contributed by atoms with E-state index in [0.29, 0.717) is 49.1 Å². The Hall–Kier alpha value is -3.00. The maximum atomic E-state index is 14.4. The highest BCUT2D eigenvalue weighted by molar-refractivity contribution is 5.78. The summed E-state index contributed by atoms with van der Waals surface area (Å²) in [5.41, 5.74) is 9.75. The van der Waals surface area contributed by atoms with E-state index in [2.05, 4.69) is 15.3 Å². The second-order valence-electron chi connectivity index (χ2n) is 7.10. The Kier molecular flexibility index (Phi) is 4.95. The minimum atomic E-state index is -0.242. The van der Waals surface area contributed by atoms with Gasteiger partial charge in [0, 0.05) is 36.5 Å². The molecule has 146 valence electrons. The first kappa shape index (κ1) is 18.4. The van der Waals surface area contributed by atoms with E-state index in [1.54, 1.807) is 16.9 Å². The molecule has 2 N–H and O–H groups in total. The molecule has 0 saturated carbocycles. The van der Waals surface area contributed by atoms with Gasteiger partial charge in [0.15, 0.2) is 0 Å².